The SMILES string of the molecule is C[C@@H]1CN(c2nc(NC(=O)c3ccc(S(=O)(=O)NCCO)cc3N3CCC4(CC3)CC4)cc3ccoc23)CCO1. The van der Waals surface area contributed by atoms with Crippen LogP contribution >= 0.6 is 0 Å². The summed E-state index contributed by atoms with van der Waals surface area (Å²) < 4.78 is 39.5. The van der Waals surface area contributed by atoms with Gasteiger partial charge in [0.15, 0.2) is 11.4 Å². The predicted octanol–water partition coefficient (Wildman–Crippen LogP) is 2.96. The molecule has 214 valence electrons. The molecule has 3 N–H and O–H groups in total. The number of hydrogen-bond acceptors (Lipinski definition) is 9. The second-order valence-electron chi connectivity index (χ2n) is 11.0. The summed E-state index contributed by atoms with van der Waals surface area (Å²) in [6, 6.07) is 8.16. The molecule has 40 heavy (non-hydrogen) atoms. The van der Waals surface area contributed by atoms with Crippen LogP contribution in [-0.4, -0.2) is 76.5 Å². The Morgan fingerprint density at radius 1 is 1.12 bits per heavy atom. The van der Waals surface area contributed by atoms with Gasteiger partial charge in [0.1, 0.15) is 5.82 Å². The van der Waals surface area contributed by atoms with Gasteiger partial charge in [-0.25, -0.2) is 18.1 Å². The fourth-order valence-electron chi connectivity index (χ4n) is 5.73. The van der Waals surface area contributed by atoms with Crippen molar-refractivity contribution in [3.05, 3.63) is 42.2 Å². The summed E-state index contributed by atoms with van der Waals surface area (Å²) in [5.41, 5.74) is 2.03. The van der Waals surface area contributed by atoms with E-state index in [1.807, 2.05) is 13.0 Å². The van der Waals surface area contributed by atoms with Crippen molar-refractivity contribution in [3.8, 4) is 0 Å². The van der Waals surface area contributed by atoms with Gasteiger partial charge in [-0.3, -0.25) is 4.79 Å². The number of rotatable bonds is 8. The first-order valence-corrected chi connectivity index (χ1v) is 15.3. The lowest BCUT2D eigenvalue weighted by Gasteiger charge is -2.35. The number of nitrogens with zero attached hydrogens (tertiary/aromatic N) is 3. The standard InChI is InChI=1S/C28H35N5O6S/c1-19-18-33(12-15-38-19)26-25-20(4-14-39-25)16-24(30-26)31-27(35)22-3-2-21(40(36,37)29-9-13-34)17-23(22)32-10-7-28(5-6-28)8-11-32/h2-4,14,16-17,19,29,34H,5-13,15,18H2,1H3,(H,30,31,35)/t19-/m1/s1. The van der Waals surface area contributed by atoms with Gasteiger partial charge in [0.05, 0.1) is 41.7 Å². The highest BCUT2D eigenvalue weighted by atomic mass is 32.2. The van der Waals surface area contributed by atoms with E-state index < -0.39 is 10.0 Å². The highest BCUT2D eigenvalue weighted by Crippen LogP contribution is 2.54. The summed E-state index contributed by atoms with van der Waals surface area (Å²) >= 11 is 0. The van der Waals surface area contributed by atoms with Crippen LogP contribution in [0.2, 0.25) is 0 Å². The number of fused-ring (bicyclic) bond motifs is 1. The first-order chi connectivity index (χ1) is 19.3. The average Bonchev–Trinajstić information content (AvgIpc) is 3.53. The molecule has 2 saturated heterocycles. The Hall–Kier alpha value is -3.19. The number of furan rings is 1. The fourth-order valence-corrected chi connectivity index (χ4v) is 6.77. The maximum absolute atomic E-state index is 13.7. The first kappa shape index (κ1) is 27.0. The molecule has 1 atom stereocenters. The largest absolute Gasteiger partial charge is 0.460 e. The van der Waals surface area contributed by atoms with E-state index in [0.717, 1.165) is 31.3 Å². The predicted molar refractivity (Wildman–Crippen MR) is 151 cm³/mol. The molecule has 6 rings (SSSR count). The minimum Gasteiger partial charge on any atom is -0.460 e. The van der Waals surface area contributed by atoms with E-state index in [1.165, 1.54) is 18.9 Å². The Morgan fingerprint density at radius 3 is 2.65 bits per heavy atom. The monoisotopic (exact) mass is 569 g/mol. The van der Waals surface area contributed by atoms with Crippen LogP contribution < -0.4 is 19.8 Å². The van der Waals surface area contributed by atoms with Crippen LogP contribution in [0.3, 0.4) is 0 Å². The van der Waals surface area contributed by atoms with Gasteiger partial charge in [0, 0.05) is 38.1 Å². The molecule has 12 heteroatoms. The molecule has 11 nitrogen and oxygen atoms in total. The van der Waals surface area contributed by atoms with E-state index in [4.69, 9.17) is 19.2 Å². The van der Waals surface area contributed by atoms with Crippen molar-refractivity contribution in [2.75, 3.05) is 61.1 Å². The number of ether oxygens (including phenoxy) is 1. The van der Waals surface area contributed by atoms with Crippen molar-refractivity contribution in [1.29, 1.82) is 0 Å². The quantitative estimate of drug-likeness (QED) is 0.374. The Bertz CT molecular complexity index is 1510. The number of morpholine rings is 1. The summed E-state index contributed by atoms with van der Waals surface area (Å²) in [6.45, 7) is 5.02. The lowest BCUT2D eigenvalue weighted by atomic mass is 9.93. The third-order valence-electron chi connectivity index (χ3n) is 8.25. The number of aliphatic hydroxyl groups is 1. The van der Waals surface area contributed by atoms with E-state index in [0.29, 0.717) is 53.6 Å². The minimum atomic E-state index is -3.84. The van der Waals surface area contributed by atoms with Crippen molar-refractivity contribution >= 4 is 44.2 Å². The van der Waals surface area contributed by atoms with Crippen LogP contribution in [0, 0.1) is 5.41 Å². The fraction of sp³-hybridized carbons (Fsp3) is 0.500. The number of aliphatic hydroxyl groups excluding tert-OH is 1. The number of piperidine rings is 1. The number of aromatic nitrogens is 1. The number of amides is 1. The molecule has 0 bridgehead atoms. The van der Waals surface area contributed by atoms with Crippen molar-refractivity contribution in [2.24, 2.45) is 5.41 Å². The highest BCUT2D eigenvalue weighted by molar-refractivity contribution is 7.89. The summed E-state index contributed by atoms with van der Waals surface area (Å²) in [6.07, 6.45) is 6.17. The number of carbonyl (C=O) groups excluding carboxylic acids is 1. The van der Waals surface area contributed by atoms with E-state index in [2.05, 4.69) is 19.8 Å². The topological polar surface area (TPSA) is 137 Å². The van der Waals surface area contributed by atoms with Gasteiger partial charge >= 0.3 is 0 Å². The molecule has 3 aromatic rings. The van der Waals surface area contributed by atoms with Crippen LogP contribution in [0.25, 0.3) is 11.0 Å². The summed E-state index contributed by atoms with van der Waals surface area (Å²) in [5.74, 6) is 0.664. The first-order valence-electron chi connectivity index (χ1n) is 13.8. The number of carbonyl (C=O) groups is 1. The smallest absolute Gasteiger partial charge is 0.258 e. The van der Waals surface area contributed by atoms with E-state index in [9.17, 15) is 13.2 Å². The van der Waals surface area contributed by atoms with Gasteiger partial charge in [-0.05, 0) is 68.4 Å². The van der Waals surface area contributed by atoms with Crippen LogP contribution in [0.1, 0.15) is 43.0 Å². The number of pyridine rings is 1. The Balaban J connectivity index is 1.32. The van der Waals surface area contributed by atoms with Crippen molar-refractivity contribution in [1.82, 2.24) is 9.71 Å². The third kappa shape index (κ3) is 5.40. The van der Waals surface area contributed by atoms with Crippen molar-refractivity contribution < 1.29 is 27.5 Å². The van der Waals surface area contributed by atoms with Gasteiger partial charge < -0.3 is 29.4 Å². The van der Waals surface area contributed by atoms with Crippen LogP contribution in [0.4, 0.5) is 17.3 Å². The molecular weight excluding hydrogens is 534 g/mol. The molecule has 0 radical (unpaired) electrons. The van der Waals surface area contributed by atoms with E-state index in [-0.39, 0.29) is 30.1 Å². The summed E-state index contributed by atoms with van der Waals surface area (Å²) in [5, 5.41) is 12.9. The zero-order valence-corrected chi connectivity index (χ0v) is 23.4. The average molecular weight is 570 g/mol. The molecule has 1 aromatic carbocycles. The number of sulfonamides is 1. The van der Waals surface area contributed by atoms with Gasteiger partial charge in [-0.15, -0.1) is 0 Å². The molecule has 3 aliphatic rings. The number of benzene rings is 1. The number of anilines is 3. The van der Waals surface area contributed by atoms with Crippen molar-refractivity contribution in [3.63, 3.8) is 0 Å². The Labute approximate surface area is 233 Å². The molecule has 1 aliphatic carbocycles. The Kier molecular flexibility index (Phi) is 7.19. The molecule has 3 fully saturated rings. The van der Waals surface area contributed by atoms with Crippen LogP contribution in [-0.2, 0) is 14.8 Å². The second-order valence-corrected chi connectivity index (χ2v) is 12.8. The molecule has 1 saturated carbocycles. The minimum absolute atomic E-state index is 0.0438. The zero-order valence-electron chi connectivity index (χ0n) is 22.6. The summed E-state index contributed by atoms with van der Waals surface area (Å²) in [7, 11) is -3.84. The maximum atomic E-state index is 13.7. The van der Waals surface area contributed by atoms with Gasteiger partial charge in [-0.2, -0.15) is 0 Å². The van der Waals surface area contributed by atoms with Gasteiger partial charge in [0.25, 0.3) is 5.91 Å². The number of nitrogens with one attached hydrogen (secondary N) is 2. The van der Waals surface area contributed by atoms with Crippen LogP contribution in [0.15, 0.2) is 45.9 Å². The van der Waals surface area contributed by atoms with Crippen LogP contribution in [0.5, 0.6) is 0 Å². The number of hydrogen-bond donors (Lipinski definition) is 3. The normalized spacial score (nSPS) is 20.7. The second kappa shape index (κ2) is 10.7. The molecule has 2 aromatic heterocycles. The maximum Gasteiger partial charge on any atom is 0.258 e. The van der Waals surface area contributed by atoms with Crippen molar-refractivity contribution in [2.45, 2.75) is 43.6 Å². The molecule has 1 amide bonds. The molecule has 4 heterocycles. The lowest BCUT2D eigenvalue weighted by Crippen LogP contribution is -2.41. The highest BCUT2D eigenvalue weighted by Gasteiger charge is 2.44. The van der Waals surface area contributed by atoms with E-state index >= 15 is 0 Å². The zero-order chi connectivity index (χ0) is 27.9. The van der Waals surface area contributed by atoms with E-state index in [1.54, 1.807) is 24.5 Å². The van der Waals surface area contributed by atoms with Gasteiger partial charge in [-0.1, -0.05) is 0 Å². The molecule has 1 spiro atoms. The lowest BCUT2D eigenvalue weighted by molar-refractivity contribution is 0.0530. The third-order valence-corrected chi connectivity index (χ3v) is 9.71. The summed E-state index contributed by atoms with van der Waals surface area (Å²) in [4.78, 5) is 22.8. The van der Waals surface area contributed by atoms with Gasteiger partial charge in [0.2, 0.25) is 10.0 Å². The molecule has 0 unspecified atom stereocenters. The Morgan fingerprint density at radius 2 is 1.93 bits per heavy atom. The molecular formula is C28H35N5O6S. The molecule has 2 aliphatic heterocycles.